The Morgan fingerprint density at radius 1 is 1.24 bits per heavy atom. The van der Waals surface area contributed by atoms with Crippen molar-refractivity contribution in [1.82, 2.24) is 0 Å². The van der Waals surface area contributed by atoms with E-state index in [0.29, 0.717) is 12.5 Å². The highest BCUT2D eigenvalue weighted by atomic mass is 16.5. The molecule has 0 saturated carbocycles. The van der Waals surface area contributed by atoms with Crippen molar-refractivity contribution in [3.05, 3.63) is 59.7 Å². The average Bonchev–Trinajstić information content (AvgIpc) is 3.10. The number of benzene rings is 2. The maximum Gasteiger partial charge on any atom is 0.224 e. The lowest BCUT2D eigenvalue weighted by Crippen LogP contribution is -2.22. The molecule has 1 fully saturated rings. The first-order valence-electron chi connectivity index (χ1n) is 8.87. The van der Waals surface area contributed by atoms with E-state index in [1.54, 1.807) is 7.11 Å². The van der Waals surface area contributed by atoms with Crippen LogP contribution in [0, 0.1) is 6.92 Å². The quantitative estimate of drug-likeness (QED) is 0.871. The zero-order valence-corrected chi connectivity index (χ0v) is 15.0. The van der Waals surface area contributed by atoms with Gasteiger partial charge in [0.05, 0.1) is 6.10 Å². The second kappa shape index (κ2) is 8.17. The molecule has 0 aliphatic carbocycles. The molecule has 1 aliphatic rings. The van der Waals surface area contributed by atoms with Crippen LogP contribution in [0.25, 0.3) is 0 Å². The molecular weight excluding hydrogens is 312 g/mol. The second-order valence-electron chi connectivity index (χ2n) is 6.68. The number of carbonyl (C=O) groups excluding carboxylic acids is 1. The number of carbonyl (C=O) groups is 1. The van der Waals surface area contributed by atoms with E-state index < -0.39 is 0 Å². The van der Waals surface area contributed by atoms with E-state index in [-0.39, 0.29) is 5.91 Å². The van der Waals surface area contributed by atoms with Crippen LogP contribution in [0.5, 0.6) is 0 Å². The highest BCUT2D eigenvalue weighted by Gasteiger charge is 2.22. The van der Waals surface area contributed by atoms with Crippen molar-refractivity contribution in [3.8, 4) is 0 Å². The number of hydrogen-bond donors (Lipinski definition) is 1. The Morgan fingerprint density at radius 3 is 2.72 bits per heavy atom. The molecule has 3 rings (SSSR count). The zero-order valence-electron chi connectivity index (χ0n) is 15.0. The summed E-state index contributed by atoms with van der Waals surface area (Å²) in [5.41, 5.74) is 4.45. The van der Waals surface area contributed by atoms with Crippen molar-refractivity contribution in [2.45, 2.75) is 32.3 Å². The van der Waals surface area contributed by atoms with E-state index >= 15 is 0 Å². The summed E-state index contributed by atoms with van der Waals surface area (Å²) in [5, 5.41) is 2.98. The fraction of sp³-hybridized carbons (Fsp3) is 0.381. The van der Waals surface area contributed by atoms with Crippen LogP contribution in [0.3, 0.4) is 0 Å². The molecule has 2 aromatic rings. The number of ether oxygens (including phenoxy) is 1. The molecule has 4 nitrogen and oxygen atoms in total. The second-order valence-corrected chi connectivity index (χ2v) is 6.68. The minimum Gasteiger partial charge on any atom is -0.380 e. The van der Waals surface area contributed by atoms with Gasteiger partial charge in [-0.25, -0.2) is 0 Å². The number of anilines is 2. The lowest BCUT2D eigenvalue weighted by molar-refractivity contribution is -0.116. The molecule has 1 amide bonds. The first-order chi connectivity index (χ1) is 12.1. The van der Waals surface area contributed by atoms with E-state index in [2.05, 4.69) is 47.5 Å². The summed E-state index contributed by atoms with van der Waals surface area (Å²) in [6, 6.07) is 16.4. The lowest BCUT2D eigenvalue weighted by atomic mass is 10.1. The highest BCUT2D eigenvalue weighted by molar-refractivity contribution is 5.91. The summed E-state index contributed by atoms with van der Waals surface area (Å²) in [6.07, 6.45) is 2.64. The minimum atomic E-state index is 0.0508. The molecular formula is C21H26N2O2. The first-order valence-corrected chi connectivity index (χ1v) is 8.87. The Kier molecular flexibility index (Phi) is 5.71. The molecule has 132 valence electrons. The van der Waals surface area contributed by atoms with Crippen molar-refractivity contribution in [3.63, 3.8) is 0 Å². The summed E-state index contributed by atoms with van der Waals surface area (Å²) in [6.45, 7) is 4.01. The summed E-state index contributed by atoms with van der Waals surface area (Å²) in [4.78, 5) is 14.5. The van der Waals surface area contributed by atoms with Crippen LogP contribution in [-0.2, 0) is 16.0 Å². The Morgan fingerprint density at radius 2 is 2.04 bits per heavy atom. The smallest absolute Gasteiger partial charge is 0.224 e. The van der Waals surface area contributed by atoms with Crippen molar-refractivity contribution in [2.24, 2.45) is 0 Å². The third kappa shape index (κ3) is 4.83. The van der Waals surface area contributed by atoms with Gasteiger partial charge in [-0.15, -0.1) is 0 Å². The molecule has 0 bridgehead atoms. The standard InChI is InChI=1S/C21H26N2O2/c1-16-4-3-5-17(14-16)6-11-21(24)22-18-7-9-19(10-8-18)23-13-12-20(15-23)25-2/h3-5,7-10,14,20H,6,11-13,15H2,1-2H3,(H,22,24). The fourth-order valence-electron chi connectivity index (χ4n) is 3.26. The van der Waals surface area contributed by atoms with Gasteiger partial charge in [0.15, 0.2) is 0 Å². The third-order valence-electron chi connectivity index (χ3n) is 4.72. The van der Waals surface area contributed by atoms with Gasteiger partial charge < -0.3 is 15.0 Å². The van der Waals surface area contributed by atoms with E-state index in [0.717, 1.165) is 31.6 Å². The third-order valence-corrected chi connectivity index (χ3v) is 4.72. The van der Waals surface area contributed by atoms with Gasteiger partial charge in [0.1, 0.15) is 0 Å². The fourth-order valence-corrected chi connectivity index (χ4v) is 3.26. The summed E-state index contributed by atoms with van der Waals surface area (Å²) in [5.74, 6) is 0.0508. The molecule has 1 heterocycles. The highest BCUT2D eigenvalue weighted by Crippen LogP contribution is 2.23. The van der Waals surface area contributed by atoms with Crippen LogP contribution >= 0.6 is 0 Å². The summed E-state index contributed by atoms with van der Waals surface area (Å²) < 4.78 is 5.41. The van der Waals surface area contributed by atoms with Gasteiger partial charge in [-0.1, -0.05) is 29.8 Å². The molecule has 0 spiro atoms. The average molecular weight is 338 g/mol. The SMILES string of the molecule is COC1CCN(c2ccc(NC(=O)CCc3cccc(C)c3)cc2)C1. The molecule has 25 heavy (non-hydrogen) atoms. The van der Waals surface area contributed by atoms with Gasteiger partial charge in [0.25, 0.3) is 0 Å². The van der Waals surface area contributed by atoms with Gasteiger partial charge in [0, 0.05) is 38.0 Å². The van der Waals surface area contributed by atoms with Crippen LogP contribution in [0.15, 0.2) is 48.5 Å². The molecule has 4 heteroatoms. The number of aryl methyl sites for hydroxylation is 2. The van der Waals surface area contributed by atoms with E-state index in [1.807, 2.05) is 18.2 Å². The lowest BCUT2D eigenvalue weighted by Gasteiger charge is -2.18. The maximum absolute atomic E-state index is 12.2. The summed E-state index contributed by atoms with van der Waals surface area (Å²) in [7, 11) is 1.77. The molecule has 1 atom stereocenters. The van der Waals surface area contributed by atoms with Gasteiger partial charge >= 0.3 is 0 Å². The van der Waals surface area contributed by atoms with Crippen LogP contribution in [0.4, 0.5) is 11.4 Å². The van der Waals surface area contributed by atoms with Gasteiger partial charge in [-0.3, -0.25) is 4.79 Å². The number of methoxy groups -OCH3 is 1. The molecule has 1 unspecified atom stereocenters. The van der Waals surface area contributed by atoms with Crippen molar-refractivity contribution in [2.75, 3.05) is 30.4 Å². The van der Waals surface area contributed by atoms with E-state index in [9.17, 15) is 4.79 Å². The number of nitrogens with zero attached hydrogens (tertiary/aromatic N) is 1. The van der Waals surface area contributed by atoms with Crippen molar-refractivity contribution in [1.29, 1.82) is 0 Å². The minimum absolute atomic E-state index is 0.0508. The first kappa shape index (κ1) is 17.5. The summed E-state index contributed by atoms with van der Waals surface area (Å²) >= 11 is 0. The Labute approximate surface area is 149 Å². The Balaban J connectivity index is 1.50. The predicted molar refractivity (Wildman–Crippen MR) is 102 cm³/mol. The van der Waals surface area contributed by atoms with E-state index in [4.69, 9.17) is 4.74 Å². The van der Waals surface area contributed by atoms with Gasteiger partial charge in [-0.05, 0) is 49.6 Å². The predicted octanol–water partition coefficient (Wildman–Crippen LogP) is 3.79. The molecule has 1 aliphatic heterocycles. The zero-order chi connectivity index (χ0) is 17.6. The molecule has 1 N–H and O–H groups in total. The number of rotatable bonds is 6. The van der Waals surface area contributed by atoms with Crippen LogP contribution in [0.1, 0.15) is 24.0 Å². The maximum atomic E-state index is 12.2. The van der Waals surface area contributed by atoms with Crippen LogP contribution in [-0.4, -0.2) is 32.2 Å². The Hall–Kier alpha value is -2.33. The monoisotopic (exact) mass is 338 g/mol. The van der Waals surface area contributed by atoms with Crippen molar-refractivity contribution < 1.29 is 9.53 Å². The molecule has 0 aromatic heterocycles. The topological polar surface area (TPSA) is 41.6 Å². The number of hydrogen-bond acceptors (Lipinski definition) is 3. The number of amides is 1. The largest absolute Gasteiger partial charge is 0.380 e. The Bertz CT molecular complexity index is 712. The van der Waals surface area contributed by atoms with Crippen LogP contribution < -0.4 is 10.2 Å². The van der Waals surface area contributed by atoms with Crippen molar-refractivity contribution >= 4 is 17.3 Å². The molecule has 0 radical (unpaired) electrons. The van der Waals surface area contributed by atoms with Gasteiger partial charge in [0.2, 0.25) is 5.91 Å². The normalized spacial score (nSPS) is 16.9. The molecule has 1 saturated heterocycles. The number of nitrogens with one attached hydrogen (secondary N) is 1. The van der Waals surface area contributed by atoms with Gasteiger partial charge in [-0.2, -0.15) is 0 Å². The van der Waals surface area contributed by atoms with Crippen LogP contribution in [0.2, 0.25) is 0 Å². The van der Waals surface area contributed by atoms with E-state index in [1.165, 1.54) is 16.8 Å². The molecule has 2 aromatic carbocycles.